The van der Waals surface area contributed by atoms with Crippen LogP contribution in [0.3, 0.4) is 0 Å². The molecular weight excluding hydrogens is 318 g/mol. The second kappa shape index (κ2) is 8.38. The molecule has 4 nitrogen and oxygen atoms in total. The summed E-state index contributed by atoms with van der Waals surface area (Å²) in [4.78, 5) is 19.9. The van der Waals surface area contributed by atoms with Gasteiger partial charge in [0.25, 0.3) is 0 Å². The van der Waals surface area contributed by atoms with E-state index in [0.717, 1.165) is 44.1 Å². The van der Waals surface area contributed by atoms with E-state index in [2.05, 4.69) is 21.7 Å². The molecule has 1 aliphatic rings. The number of carbonyl (C=O) groups excluding carboxylic acids is 1. The number of aromatic nitrogens is 2. The highest BCUT2D eigenvalue weighted by atomic mass is 32.2. The normalized spacial score (nSPS) is 15.6. The second-order valence-corrected chi connectivity index (χ2v) is 7.53. The number of rotatable bonds is 6. The number of hydrogen-bond acceptors (Lipinski definition) is 3. The molecule has 24 heavy (non-hydrogen) atoms. The molecule has 1 saturated heterocycles. The summed E-state index contributed by atoms with van der Waals surface area (Å²) in [6.07, 6.45) is 6.72. The van der Waals surface area contributed by atoms with Gasteiger partial charge in [0, 0.05) is 49.1 Å². The van der Waals surface area contributed by atoms with E-state index >= 15 is 0 Å². The zero-order chi connectivity index (χ0) is 16.8. The first-order chi connectivity index (χ1) is 11.7. The number of thioether (sulfide) groups is 1. The van der Waals surface area contributed by atoms with E-state index < -0.39 is 0 Å². The molecule has 0 spiro atoms. The topological polar surface area (TPSA) is 38.1 Å². The lowest BCUT2D eigenvalue weighted by molar-refractivity contribution is -0.132. The molecule has 0 N–H and O–H groups in total. The lowest BCUT2D eigenvalue weighted by Crippen LogP contribution is -2.39. The second-order valence-electron chi connectivity index (χ2n) is 6.36. The van der Waals surface area contributed by atoms with Gasteiger partial charge in [0.2, 0.25) is 5.91 Å². The van der Waals surface area contributed by atoms with Crippen LogP contribution in [0.4, 0.5) is 0 Å². The third-order valence-electron chi connectivity index (χ3n) is 4.67. The highest BCUT2D eigenvalue weighted by Gasteiger charge is 2.23. The third-order valence-corrected chi connectivity index (χ3v) is 5.69. The molecule has 1 aromatic carbocycles. The van der Waals surface area contributed by atoms with Gasteiger partial charge >= 0.3 is 0 Å². The Morgan fingerprint density at radius 1 is 1.25 bits per heavy atom. The predicted molar refractivity (Wildman–Crippen MR) is 98.1 cm³/mol. The van der Waals surface area contributed by atoms with E-state index in [1.165, 1.54) is 4.90 Å². The smallest absolute Gasteiger partial charge is 0.223 e. The van der Waals surface area contributed by atoms with Crippen molar-refractivity contribution in [1.82, 2.24) is 14.5 Å². The third kappa shape index (κ3) is 4.63. The van der Waals surface area contributed by atoms with E-state index in [1.54, 1.807) is 11.8 Å². The summed E-state index contributed by atoms with van der Waals surface area (Å²) < 4.78 is 2.22. The first-order valence-corrected chi connectivity index (χ1v) is 9.64. The van der Waals surface area contributed by atoms with E-state index in [1.807, 2.05) is 42.4 Å². The minimum Gasteiger partial charge on any atom is -0.343 e. The average Bonchev–Trinajstić information content (AvgIpc) is 3.01. The number of amides is 1. The Balaban J connectivity index is 1.38. The van der Waals surface area contributed by atoms with Crippen LogP contribution in [0, 0.1) is 12.8 Å². The molecule has 0 unspecified atom stereocenters. The zero-order valence-corrected chi connectivity index (χ0v) is 15.0. The van der Waals surface area contributed by atoms with Crippen LogP contribution in [0.15, 0.2) is 47.6 Å². The molecule has 0 atom stereocenters. The largest absolute Gasteiger partial charge is 0.343 e. The predicted octanol–water partition coefficient (Wildman–Crippen LogP) is 3.61. The molecule has 0 aliphatic carbocycles. The lowest BCUT2D eigenvalue weighted by Gasteiger charge is -2.32. The minimum absolute atomic E-state index is 0.302. The van der Waals surface area contributed by atoms with Gasteiger partial charge in [0.15, 0.2) is 0 Å². The van der Waals surface area contributed by atoms with Gasteiger partial charge in [-0.1, -0.05) is 18.2 Å². The van der Waals surface area contributed by atoms with Gasteiger partial charge in [-0.25, -0.2) is 4.98 Å². The minimum atomic E-state index is 0.302. The molecule has 1 amide bonds. The van der Waals surface area contributed by atoms with Crippen LogP contribution in [0.1, 0.15) is 25.1 Å². The highest BCUT2D eigenvalue weighted by molar-refractivity contribution is 7.99. The summed E-state index contributed by atoms with van der Waals surface area (Å²) in [6, 6.07) is 10.3. The van der Waals surface area contributed by atoms with Gasteiger partial charge in [-0.05, 0) is 37.8 Å². The van der Waals surface area contributed by atoms with Crippen molar-refractivity contribution in [3.05, 3.63) is 48.5 Å². The van der Waals surface area contributed by atoms with Crippen LogP contribution < -0.4 is 0 Å². The standard InChI is InChI=1S/C19H25N3OS/c1-16-20-10-13-22(16)15-17-7-11-21(12-8-17)19(23)9-14-24-18-5-3-2-4-6-18/h2-6,10,13,17H,7-9,11-12,14-15H2,1H3. The molecule has 2 aromatic rings. The number of piperidine rings is 1. The first-order valence-electron chi connectivity index (χ1n) is 8.66. The quantitative estimate of drug-likeness (QED) is 0.752. The maximum Gasteiger partial charge on any atom is 0.223 e. The van der Waals surface area contributed by atoms with Gasteiger partial charge in [-0.2, -0.15) is 0 Å². The molecule has 0 saturated carbocycles. The Morgan fingerprint density at radius 2 is 2.00 bits per heavy atom. The molecule has 2 heterocycles. The summed E-state index contributed by atoms with van der Waals surface area (Å²) in [5, 5.41) is 0. The Kier molecular flexibility index (Phi) is 5.96. The van der Waals surface area contributed by atoms with E-state index in [0.29, 0.717) is 18.2 Å². The molecule has 128 valence electrons. The molecule has 1 fully saturated rings. The number of likely N-dealkylation sites (tertiary alicyclic amines) is 1. The van der Waals surface area contributed by atoms with Gasteiger partial charge in [-0.15, -0.1) is 11.8 Å². The Labute approximate surface area is 148 Å². The Hall–Kier alpha value is -1.75. The maximum absolute atomic E-state index is 12.4. The van der Waals surface area contributed by atoms with Gasteiger partial charge in [0.05, 0.1) is 0 Å². The van der Waals surface area contributed by atoms with Gasteiger partial charge in [-0.3, -0.25) is 4.79 Å². The number of benzene rings is 1. The zero-order valence-electron chi connectivity index (χ0n) is 14.2. The van der Waals surface area contributed by atoms with E-state index in [4.69, 9.17) is 0 Å². The molecule has 0 radical (unpaired) electrons. The summed E-state index contributed by atoms with van der Waals surface area (Å²) in [5.41, 5.74) is 0. The van der Waals surface area contributed by atoms with Crippen molar-refractivity contribution in [1.29, 1.82) is 0 Å². The van der Waals surface area contributed by atoms with Crippen LogP contribution in [0.2, 0.25) is 0 Å². The van der Waals surface area contributed by atoms with Gasteiger partial charge in [0.1, 0.15) is 5.82 Å². The average molecular weight is 343 g/mol. The fraction of sp³-hybridized carbons (Fsp3) is 0.474. The first kappa shape index (κ1) is 17.1. The summed E-state index contributed by atoms with van der Waals surface area (Å²) >= 11 is 1.76. The summed E-state index contributed by atoms with van der Waals surface area (Å²) in [5.74, 6) is 2.89. The summed E-state index contributed by atoms with van der Waals surface area (Å²) in [6.45, 7) is 4.86. The van der Waals surface area contributed by atoms with E-state index in [-0.39, 0.29) is 0 Å². The number of aryl methyl sites for hydroxylation is 1. The highest BCUT2D eigenvalue weighted by Crippen LogP contribution is 2.22. The van der Waals surface area contributed by atoms with Crippen LogP contribution in [0.5, 0.6) is 0 Å². The van der Waals surface area contributed by atoms with Crippen molar-refractivity contribution in [2.75, 3.05) is 18.8 Å². The summed E-state index contributed by atoms with van der Waals surface area (Å²) in [7, 11) is 0. The molecule has 0 bridgehead atoms. The van der Waals surface area contributed by atoms with Crippen LogP contribution in [-0.2, 0) is 11.3 Å². The fourth-order valence-electron chi connectivity index (χ4n) is 3.17. The van der Waals surface area contributed by atoms with Crippen molar-refractivity contribution < 1.29 is 4.79 Å². The van der Waals surface area contributed by atoms with Crippen molar-refractivity contribution >= 4 is 17.7 Å². The molecular formula is C19H25N3OS. The number of carbonyl (C=O) groups is 1. The number of imidazole rings is 1. The number of nitrogens with zero attached hydrogens (tertiary/aromatic N) is 3. The Bertz CT molecular complexity index is 648. The molecule has 5 heteroatoms. The molecule has 1 aromatic heterocycles. The molecule has 1 aliphatic heterocycles. The molecule has 3 rings (SSSR count). The SMILES string of the molecule is Cc1nccn1CC1CCN(C(=O)CCSc2ccccc2)CC1. The van der Waals surface area contributed by atoms with Crippen molar-refractivity contribution in [3.63, 3.8) is 0 Å². The Morgan fingerprint density at radius 3 is 2.67 bits per heavy atom. The van der Waals surface area contributed by atoms with Crippen LogP contribution in [-0.4, -0.2) is 39.2 Å². The monoisotopic (exact) mass is 343 g/mol. The fourth-order valence-corrected chi connectivity index (χ4v) is 4.03. The number of hydrogen-bond donors (Lipinski definition) is 0. The van der Waals surface area contributed by atoms with Crippen molar-refractivity contribution in [2.45, 2.75) is 37.6 Å². The van der Waals surface area contributed by atoms with Crippen LogP contribution >= 0.6 is 11.8 Å². The van der Waals surface area contributed by atoms with E-state index in [9.17, 15) is 4.79 Å². The van der Waals surface area contributed by atoms with Gasteiger partial charge < -0.3 is 9.47 Å². The van der Waals surface area contributed by atoms with Crippen molar-refractivity contribution in [2.24, 2.45) is 5.92 Å². The van der Waals surface area contributed by atoms with Crippen LogP contribution in [0.25, 0.3) is 0 Å². The van der Waals surface area contributed by atoms with Crippen molar-refractivity contribution in [3.8, 4) is 0 Å². The maximum atomic E-state index is 12.4. The lowest BCUT2D eigenvalue weighted by atomic mass is 9.96.